The summed E-state index contributed by atoms with van der Waals surface area (Å²) in [5.74, 6) is -1.28. The average molecular weight is 317 g/mol. The molecule has 0 bridgehead atoms. The third-order valence-electron chi connectivity index (χ3n) is 3.31. The van der Waals surface area contributed by atoms with Crippen LogP contribution >= 0.6 is 11.8 Å². The number of rotatable bonds is 4. The summed E-state index contributed by atoms with van der Waals surface area (Å²) in [6.07, 6.45) is 1.50. The van der Waals surface area contributed by atoms with Crippen molar-refractivity contribution in [2.75, 3.05) is 5.75 Å². The first-order valence-electron chi connectivity index (χ1n) is 6.60. The Morgan fingerprint density at radius 2 is 2.27 bits per heavy atom. The molecule has 114 valence electrons. The van der Waals surface area contributed by atoms with Gasteiger partial charge in [0, 0.05) is 11.3 Å². The van der Waals surface area contributed by atoms with Gasteiger partial charge in [0.15, 0.2) is 5.78 Å². The molecule has 2 rings (SSSR count). The van der Waals surface area contributed by atoms with Crippen LogP contribution in [0.15, 0.2) is 39.1 Å². The number of hydrogen-bond donors (Lipinski definition) is 1. The second-order valence-corrected chi connectivity index (χ2v) is 5.86. The van der Waals surface area contributed by atoms with Crippen molar-refractivity contribution in [2.45, 2.75) is 19.8 Å². The van der Waals surface area contributed by atoms with Crippen LogP contribution in [0, 0.1) is 17.2 Å². The van der Waals surface area contributed by atoms with Crippen LogP contribution < -0.4 is 5.73 Å². The number of ketones is 1. The van der Waals surface area contributed by atoms with E-state index in [0.717, 1.165) is 11.8 Å². The van der Waals surface area contributed by atoms with E-state index >= 15 is 0 Å². The van der Waals surface area contributed by atoms with Crippen LogP contribution in [0.5, 0.6) is 0 Å². The van der Waals surface area contributed by atoms with Crippen LogP contribution in [0.1, 0.15) is 25.5 Å². The summed E-state index contributed by atoms with van der Waals surface area (Å²) in [4.78, 5) is 27.3. The van der Waals surface area contributed by atoms with Crippen LogP contribution in [0.2, 0.25) is 0 Å². The number of furan rings is 1. The molecule has 2 unspecified atom stereocenters. The lowest BCUT2D eigenvalue weighted by atomic mass is 9.80. The van der Waals surface area contributed by atoms with Gasteiger partial charge in [0.2, 0.25) is 5.91 Å². The number of hydrogen-bond acceptors (Lipinski definition) is 6. The highest BCUT2D eigenvalue weighted by molar-refractivity contribution is 8.14. The van der Waals surface area contributed by atoms with Crippen molar-refractivity contribution >= 4 is 28.5 Å². The number of allylic oxidation sites excluding steroid dienone is 2. The highest BCUT2D eigenvalue weighted by Crippen LogP contribution is 2.41. The monoisotopic (exact) mass is 317 g/mol. The molecule has 1 aliphatic rings. The largest absolute Gasteiger partial charge is 0.469 e. The maximum atomic E-state index is 12.0. The van der Waals surface area contributed by atoms with Crippen molar-refractivity contribution in [1.82, 2.24) is 0 Å². The summed E-state index contributed by atoms with van der Waals surface area (Å²) in [5, 5.41) is 10.0. The van der Waals surface area contributed by atoms with E-state index in [4.69, 9.17) is 10.2 Å². The Hall–Kier alpha value is -2.33. The van der Waals surface area contributed by atoms with Crippen molar-refractivity contribution in [2.24, 2.45) is 16.6 Å². The Morgan fingerprint density at radius 1 is 1.55 bits per heavy atom. The first-order chi connectivity index (χ1) is 10.5. The van der Waals surface area contributed by atoms with Crippen molar-refractivity contribution in [1.29, 1.82) is 5.26 Å². The molecular formula is C15H15N3O3S. The van der Waals surface area contributed by atoms with Gasteiger partial charge in [-0.05, 0) is 26.0 Å². The quantitative estimate of drug-likeness (QED) is 0.913. The van der Waals surface area contributed by atoms with Gasteiger partial charge in [0.1, 0.15) is 11.7 Å². The molecule has 1 aliphatic heterocycles. The third-order valence-corrected chi connectivity index (χ3v) is 4.38. The number of Topliss-reactive ketones (excluding diaryl/α,β-unsaturated/α-hetero) is 1. The zero-order valence-electron chi connectivity index (χ0n) is 12.2. The predicted octanol–water partition coefficient (Wildman–Crippen LogP) is 2.00. The Labute approximate surface area is 132 Å². The molecule has 0 saturated carbocycles. The summed E-state index contributed by atoms with van der Waals surface area (Å²) in [6, 6.07) is 5.61. The van der Waals surface area contributed by atoms with E-state index in [2.05, 4.69) is 11.1 Å². The second-order valence-electron chi connectivity index (χ2n) is 4.86. The van der Waals surface area contributed by atoms with Gasteiger partial charge in [-0.2, -0.15) is 5.26 Å². The Balaban J connectivity index is 2.50. The number of carbonyl (C=O) groups excluding carboxylic acids is 2. The minimum absolute atomic E-state index is 0.0323. The highest BCUT2D eigenvalue weighted by Gasteiger charge is 2.39. The zero-order chi connectivity index (χ0) is 16.3. The fourth-order valence-electron chi connectivity index (χ4n) is 2.47. The number of thioether (sulfide) groups is 1. The molecule has 0 spiro atoms. The average Bonchev–Trinajstić information content (AvgIpc) is 2.97. The van der Waals surface area contributed by atoms with Crippen LogP contribution in [-0.2, 0) is 9.59 Å². The topological polar surface area (TPSA) is 109 Å². The number of carbonyl (C=O) groups is 2. The van der Waals surface area contributed by atoms with E-state index in [9.17, 15) is 14.9 Å². The molecule has 2 heterocycles. The summed E-state index contributed by atoms with van der Waals surface area (Å²) < 4.78 is 5.41. The SMILES string of the molecule is CC(=O)C1=C(C)N=C(SCC(N)=O)C(C#N)C1c1ccco1. The van der Waals surface area contributed by atoms with E-state index < -0.39 is 17.7 Å². The van der Waals surface area contributed by atoms with Crippen LogP contribution in [0.4, 0.5) is 0 Å². The summed E-state index contributed by atoms with van der Waals surface area (Å²) in [7, 11) is 0. The van der Waals surface area contributed by atoms with Gasteiger partial charge in [-0.15, -0.1) is 0 Å². The predicted molar refractivity (Wildman–Crippen MR) is 83.0 cm³/mol. The normalized spacial score (nSPS) is 21.2. The molecule has 2 N–H and O–H groups in total. The van der Waals surface area contributed by atoms with Gasteiger partial charge in [0.25, 0.3) is 0 Å². The van der Waals surface area contributed by atoms with Crippen LogP contribution in [0.3, 0.4) is 0 Å². The number of nitrogens with zero attached hydrogens (tertiary/aromatic N) is 2. The molecule has 6 nitrogen and oxygen atoms in total. The summed E-state index contributed by atoms with van der Waals surface area (Å²) >= 11 is 1.12. The number of nitrogens with two attached hydrogens (primary N) is 1. The molecule has 1 aromatic rings. The first-order valence-corrected chi connectivity index (χ1v) is 7.58. The van der Waals surface area contributed by atoms with Gasteiger partial charge in [-0.3, -0.25) is 9.59 Å². The lowest BCUT2D eigenvalue weighted by Crippen LogP contribution is -2.28. The smallest absolute Gasteiger partial charge is 0.227 e. The van der Waals surface area contributed by atoms with E-state index in [0.29, 0.717) is 22.1 Å². The van der Waals surface area contributed by atoms with Gasteiger partial charge < -0.3 is 10.2 Å². The minimum atomic E-state index is -0.682. The Morgan fingerprint density at radius 3 is 2.77 bits per heavy atom. The summed E-state index contributed by atoms with van der Waals surface area (Å²) in [5.41, 5.74) is 6.15. The van der Waals surface area contributed by atoms with Crippen molar-refractivity contribution < 1.29 is 14.0 Å². The highest BCUT2D eigenvalue weighted by atomic mass is 32.2. The zero-order valence-corrected chi connectivity index (χ0v) is 13.0. The number of nitriles is 1. The number of aliphatic imine (C=N–C) groups is 1. The fraction of sp³-hybridized carbons (Fsp3) is 0.333. The van der Waals surface area contributed by atoms with Gasteiger partial charge in [-0.1, -0.05) is 11.8 Å². The molecule has 0 saturated heterocycles. The van der Waals surface area contributed by atoms with Gasteiger partial charge in [0.05, 0.1) is 29.0 Å². The summed E-state index contributed by atoms with van der Waals surface area (Å²) in [6.45, 7) is 3.16. The maximum Gasteiger partial charge on any atom is 0.227 e. The van der Waals surface area contributed by atoms with Gasteiger partial charge >= 0.3 is 0 Å². The first kappa shape index (κ1) is 16.0. The van der Waals surface area contributed by atoms with Crippen LogP contribution in [-0.4, -0.2) is 22.5 Å². The lowest BCUT2D eigenvalue weighted by molar-refractivity contribution is -0.115. The Bertz CT molecular complexity index is 698. The van der Waals surface area contributed by atoms with Crippen molar-refractivity contribution in [3.63, 3.8) is 0 Å². The minimum Gasteiger partial charge on any atom is -0.469 e. The molecule has 0 aliphatic carbocycles. The third kappa shape index (κ3) is 3.12. The van der Waals surface area contributed by atoms with E-state index in [1.54, 1.807) is 19.1 Å². The molecular weight excluding hydrogens is 302 g/mol. The lowest BCUT2D eigenvalue weighted by Gasteiger charge is -2.27. The molecule has 7 heteroatoms. The van der Waals surface area contributed by atoms with Gasteiger partial charge in [-0.25, -0.2) is 4.99 Å². The van der Waals surface area contributed by atoms with Crippen molar-refractivity contribution in [3.8, 4) is 6.07 Å². The van der Waals surface area contributed by atoms with Crippen molar-refractivity contribution in [3.05, 3.63) is 35.4 Å². The van der Waals surface area contributed by atoms with E-state index in [-0.39, 0.29) is 11.5 Å². The molecule has 1 aromatic heterocycles. The maximum absolute atomic E-state index is 12.0. The fourth-order valence-corrected chi connectivity index (χ4v) is 3.33. The molecule has 2 atom stereocenters. The molecule has 0 aromatic carbocycles. The molecule has 0 fully saturated rings. The second kappa shape index (κ2) is 6.62. The number of primary amides is 1. The van der Waals surface area contributed by atoms with Crippen LogP contribution in [0.25, 0.3) is 0 Å². The standard InChI is InChI=1S/C15H15N3O3S/c1-8-13(9(2)19)14(11-4-3-5-21-11)10(6-16)15(18-8)22-7-12(17)20/h3-5,10,14H,7H2,1-2H3,(H2,17,20). The molecule has 22 heavy (non-hydrogen) atoms. The van der Waals surface area contributed by atoms with E-state index in [1.165, 1.54) is 13.2 Å². The number of amides is 1. The Kier molecular flexibility index (Phi) is 4.83. The molecule has 0 radical (unpaired) electrons. The molecule has 1 amide bonds. The van der Waals surface area contributed by atoms with E-state index in [1.807, 2.05) is 0 Å².